The SMILES string of the molecule is O=C(N=C1S[C@H]2CS(=O)(=O)C[C@H]2N1/N=C\c1ccc(Cl)cc1Cl)C1CC1. The number of sulfone groups is 1. The Balaban J connectivity index is 1.63. The zero-order valence-electron chi connectivity index (χ0n) is 13.5. The van der Waals surface area contributed by atoms with Gasteiger partial charge in [-0.2, -0.15) is 10.1 Å². The second-order valence-electron chi connectivity index (χ2n) is 6.56. The second-order valence-corrected chi connectivity index (χ2v) is 10.8. The summed E-state index contributed by atoms with van der Waals surface area (Å²) in [6.45, 7) is 0. The topological polar surface area (TPSA) is 79.2 Å². The monoisotopic (exact) mass is 431 g/mol. The van der Waals surface area contributed by atoms with E-state index in [4.69, 9.17) is 23.2 Å². The molecule has 0 aromatic heterocycles. The molecule has 1 saturated carbocycles. The Morgan fingerprint density at radius 3 is 2.73 bits per heavy atom. The van der Waals surface area contributed by atoms with Gasteiger partial charge >= 0.3 is 0 Å². The molecule has 0 spiro atoms. The van der Waals surface area contributed by atoms with Gasteiger partial charge in [-0.3, -0.25) is 4.79 Å². The predicted octanol–water partition coefficient (Wildman–Crippen LogP) is 2.83. The van der Waals surface area contributed by atoms with Crippen molar-refractivity contribution in [2.45, 2.75) is 24.1 Å². The molecular weight excluding hydrogens is 417 g/mol. The van der Waals surface area contributed by atoms with Gasteiger partial charge in [0.1, 0.15) is 0 Å². The molecule has 10 heteroatoms. The summed E-state index contributed by atoms with van der Waals surface area (Å²) in [5.74, 6) is -0.0662. The van der Waals surface area contributed by atoms with Crippen molar-refractivity contribution in [2.75, 3.05) is 11.5 Å². The first-order chi connectivity index (χ1) is 12.3. The van der Waals surface area contributed by atoms with Gasteiger partial charge in [-0.15, -0.1) is 0 Å². The van der Waals surface area contributed by atoms with Gasteiger partial charge in [-0.05, 0) is 25.0 Å². The molecule has 3 fully saturated rings. The average molecular weight is 432 g/mol. The standard InChI is InChI=1S/C16H15Cl2N3O3S2/c17-11-4-3-10(12(18)5-11)6-19-21-13-7-26(23,24)8-14(13)25-16(21)20-15(22)9-1-2-9/h3-6,9,13-14H,1-2,7-8H2/b19-6-,20-16?/t13-,14+/m1/s1. The van der Waals surface area contributed by atoms with Gasteiger partial charge in [0.05, 0.1) is 34.0 Å². The number of hydrazone groups is 1. The zero-order chi connectivity index (χ0) is 18.5. The van der Waals surface area contributed by atoms with Gasteiger partial charge in [0, 0.05) is 16.5 Å². The Morgan fingerprint density at radius 2 is 2.04 bits per heavy atom. The highest BCUT2D eigenvalue weighted by Gasteiger charge is 2.49. The van der Waals surface area contributed by atoms with Crippen LogP contribution in [-0.4, -0.2) is 53.5 Å². The lowest BCUT2D eigenvalue weighted by Gasteiger charge is -2.18. The smallest absolute Gasteiger partial charge is 0.251 e. The molecule has 3 aliphatic rings. The number of nitrogens with zero attached hydrogens (tertiary/aromatic N) is 3. The van der Waals surface area contributed by atoms with E-state index in [2.05, 4.69) is 10.1 Å². The number of benzene rings is 1. The third-order valence-corrected chi connectivity index (χ3v) is 8.22. The maximum absolute atomic E-state index is 12.1. The zero-order valence-corrected chi connectivity index (χ0v) is 16.7. The van der Waals surface area contributed by atoms with Crippen molar-refractivity contribution in [3.05, 3.63) is 33.8 Å². The van der Waals surface area contributed by atoms with Crippen LogP contribution in [0.1, 0.15) is 18.4 Å². The van der Waals surface area contributed by atoms with Crippen LogP contribution in [0.4, 0.5) is 0 Å². The van der Waals surface area contributed by atoms with Gasteiger partial charge in [0.15, 0.2) is 15.0 Å². The number of thioether (sulfide) groups is 1. The molecule has 26 heavy (non-hydrogen) atoms. The van der Waals surface area contributed by atoms with Gasteiger partial charge in [0.25, 0.3) is 5.91 Å². The molecule has 1 amide bonds. The largest absolute Gasteiger partial charge is 0.272 e. The lowest BCUT2D eigenvalue weighted by Crippen LogP contribution is -2.33. The molecule has 0 radical (unpaired) electrons. The van der Waals surface area contributed by atoms with Crippen LogP contribution in [0.5, 0.6) is 0 Å². The third kappa shape index (κ3) is 3.78. The minimum atomic E-state index is -3.11. The van der Waals surface area contributed by atoms with Crippen LogP contribution in [0, 0.1) is 5.92 Å². The van der Waals surface area contributed by atoms with Crippen molar-refractivity contribution in [3.63, 3.8) is 0 Å². The number of halogens is 2. The number of amides is 1. The van der Waals surface area contributed by atoms with Gasteiger partial charge in [-0.25, -0.2) is 13.4 Å². The van der Waals surface area contributed by atoms with E-state index < -0.39 is 9.84 Å². The number of hydrogen-bond acceptors (Lipinski definition) is 5. The molecule has 0 unspecified atom stereocenters. The van der Waals surface area contributed by atoms with E-state index in [1.165, 1.54) is 11.8 Å². The molecule has 2 saturated heterocycles. The molecule has 138 valence electrons. The van der Waals surface area contributed by atoms with E-state index in [9.17, 15) is 13.2 Å². The van der Waals surface area contributed by atoms with Crippen molar-refractivity contribution in [1.29, 1.82) is 0 Å². The highest BCUT2D eigenvalue weighted by atomic mass is 35.5. The third-order valence-electron chi connectivity index (χ3n) is 4.46. The van der Waals surface area contributed by atoms with Gasteiger partial charge < -0.3 is 0 Å². The van der Waals surface area contributed by atoms with Gasteiger partial charge in [0.2, 0.25) is 0 Å². The lowest BCUT2D eigenvalue weighted by atomic mass is 10.2. The fraction of sp³-hybridized carbons (Fsp3) is 0.438. The summed E-state index contributed by atoms with van der Waals surface area (Å²) in [6, 6.07) is 4.71. The van der Waals surface area contributed by atoms with E-state index in [1.807, 2.05) is 0 Å². The molecule has 2 atom stereocenters. The van der Waals surface area contributed by atoms with Crippen LogP contribution in [0.3, 0.4) is 0 Å². The Labute approximate surface area is 165 Å². The second kappa shape index (κ2) is 6.82. The summed E-state index contributed by atoms with van der Waals surface area (Å²) >= 11 is 13.4. The Kier molecular flexibility index (Phi) is 4.79. The first-order valence-electron chi connectivity index (χ1n) is 8.10. The minimum absolute atomic E-state index is 0.00353. The van der Waals surface area contributed by atoms with E-state index >= 15 is 0 Å². The molecule has 2 aliphatic heterocycles. The summed E-state index contributed by atoms with van der Waals surface area (Å²) in [4.78, 5) is 16.3. The Hall–Kier alpha value is -1.09. The average Bonchev–Trinajstić information content (AvgIpc) is 3.29. The first-order valence-corrected chi connectivity index (χ1v) is 11.6. The number of hydrogen-bond donors (Lipinski definition) is 0. The van der Waals surface area contributed by atoms with E-state index in [0.717, 1.165) is 12.8 Å². The normalized spacial score (nSPS) is 28.8. The van der Waals surface area contributed by atoms with Crippen LogP contribution in [0.25, 0.3) is 0 Å². The molecule has 2 heterocycles. The summed E-state index contributed by atoms with van der Waals surface area (Å²) in [7, 11) is -3.11. The highest BCUT2D eigenvalue weighted by molar-refractivity contribution is 8.15. The number of rotatable bonds is 3. The number of carbonyl (C=O) groups excluding carboxylic acids is 1. The number of amidine groups is 1. The van der Waals surface area contributed by atoms with E-state index in [1.54, 1.807) is 29.4 Å². The summed E-state index contributed by atoms with van der Waals surface area (Å²) in [5, 5.41) is 7.24. The van der Waals surface area contributed by atoms with Gasteiger partial charge in [-0.1, -0.05) is 41.0 Å². The highest BCUT2D eigenvalue weighted by Crippen LogP contribution is 2.39. The van der Waals surface area contributed by atoms with Crippen molar-refractivity contribution < 1.29 is 13.2 Å². The number of carbonyl (C=O) groups is 1. The summed E-state index contributed by atoms with van der Waals surface area (Å²) in [5.41, 5.74) is 0.651. The molecular formula is C16H15Cl2N3O3S2. The fourth-order valence-corrected chi connectivity index (χ4v) is 7.23. The van der Waals surface area contributed by atoms with Crippen LogP contribution in [0.15, 0.2) is 28.3 Å². The predicted molar refractivity (Wildman–Crippen MR) is 105 cm³/mol. The quantitative estimate of drug-likeness (QED) is 0.687. The van der Waals surface area contributed by atoms with E-state index in [-0.39, 0.29) is 34.6 Å². The van der Waals surface area contributed by atoms with Crippen LogP contribution in [-0.2, 0) is 14.6 Å². The molecule has 1 aromatic carbocycles. The van der Waals surface area contributed by atoms with E-state index in [0.29, 0.717) is 20.8 Å². The maximum Gasteiger partial charge on any atom is 0.251 e. The van der Waals surface area contributed by atoms with Crippen molar-refractivity contribution in [1.82, 2.24) is 5.01 Å². The van der Waals surface area contributed by atoms with Crippen molar-refractivity contribution in [2.24, 2.45) is 16.0 Å². The molecule has 1 aliphatic carbocycles. The minimum Gasteiger partial charge on any atom is -0.272 e. The van der Waals surface area contributed by atoms with Crippen LogP contribution in [0.2, 0.25) is 10.0 Å². The number of fused-ring (bicyclic) bond motifs is 1. The van der Waals surface area contributed by atoms with Crippen LogP contribution < -0.4 is 0 Å². The Bertz CT molecular complexity index is 929. The summed E-state index contributed by atoms with van der Waals surface area (Å²) in [6.07, 6.45) is 3.28. The van der Waals surface area contributed by atoms with Crippen molar-refractivity contribution >= 4 is 62.1 Å². The lowest BCUT2D eigenvalue weighted by molar-refractivity contribution is -0.118. The molecule has 0 bridgehead atoms. The molecule has 1 aromatic rings. The molecule has 6 nitrogen and oxygen atoms in total. The molecule has 0 N–H and O–H groups in total. The fourth-order valence-electron chi connectivity index (χ4n) is 2.93. The first kappa shape index (κ1) is 18.3. The van der Waals surface area contributed by atoms with Crippen molar-refractivity contribution in [3.8, 4) is 0 Å². The maximum atomic E-state index is 12.1. The number of aliphatic imine (C=N–C) groups is 1. The summed E-state index contributed by atoms with van der Waals surface area (Å²) < 4.78 is 23.9. The Morgan fingerprint density at radius 1 is 1.27 bits per heavy atom. The molecule has 4 rings (SSSR count). The van der Waals surface area contributed by atoms with Crippen LogP contribution >= 0.6 is 35.0 Å².